The Hall–Kier alpha value is -0.0400. The fourth-order valence-corrected chi connectivity index (χ4v) is 1.32. The highest BCUT2D eigenvalue weighted by atomic mass is 16.3. The van der Waals surface area contributed by atoms with Crippen molar-refractivity contribution in [3.8, 4) is 0 Å². The fraction of sp³-hybridized carbons (Fsp3) is 1.00. The first-order valence-corrected chi connectivity index (χ1v) is 3.91. The highest BCUT2D eigenvalue weighted by molar-refractivity contribution is 4.97. The molecule has 1 atom stereocenters. The lowest BCUT2D eigenvalue weighted by atomic mass is 9.98. The molecule has 0 aliphatic heterocycles. The van der Waals surface area contributed by atoms with Crippen LogP contribution in [0.4, 0.5) is 0 Å². The molecule has 1 N–H and O–H groups in total. The minimum Gasteiger partial charge on any atom is -0.390 e. The molecule has 0 amide bonds. The Morgan fingerprint density at radius 2 is 2.11 bits per heavy atom. The zero-order valence-corrected chi connectivity index (χ0v) is 6.35. The van der Waals surface area contributed by atoms with Crippen LogP contribution in [0.1, 0.15) is 39.5 Å². The molecular weight excluding hydrogens is 112 g/mol. The number of hydrogen-bond acceptors (Lipinski definition) is 1. The van der Waals surface area contributed by atoms with Crippen molar-refractivity contribution in [1.29, 1.82) is 0 Å². The van der Waals surface area contributed by atoms with Crippen molar-refractivity contribution in [2.24, 2.45) is 5.92 Å². The molecule has 1 aliphatic rings. The smallest absolute Gasteiger partial charge is 0.0675 e. The molecule has 1 rings (SSSR count). The maximum Gasteiger partial charge on any atom is 0.0675 e. The molecule has 0 spiro atoms. The summed E-state index contributed by atoms with van der Waals surface area (Å²) in [5.74, 6) is 0.530. The lowest BCUT2D eigenvalue weighted by Gasteiger charge is -2.15. The van der Waals surface area contributed by atoms with Gasteiger partial charge in [-0.2, -0.15) is 0 Å². The molecule has 1 heteroatoms. The lowest BCUT2D eigenvalue weighted by molar-refractivity contribution is 0.0859. The third-order valence-electron chi connectivity index (χ3n) is 2.40. The van der Waals surface area contributed by atoms with Gasteiger partial charge in [-0.3, -0.25) is 0 Å². The Kier molecular flexibility index (Phi) is 1.80. The Balaban J connectivity index is 2.24. The van der Waals surface area contributed by atoms with Crippen LogP contribution in [0.5, 0.6) is 0 Å². The topological polar surface area (TPSA) is 20.2 Å². The Morgan fingerprint density at radius 3 is 2.44 bits per heavy atom. The molecule has 0 heterocycles. The van der Waals surface area contributed by atoms with Gasteiger partial charge in [0.2, 0.25) is 0 Å². The zero-order valence-electron chi connectivity index (χ0n) is 6.35. The van der Waals surface area contributed by atoms with Gasteiger partial charge in [-0.15, -0.1) is 0 Å². The standard InChI is InChI=1S/C8H16O/c1-3-4-7(2)8(9)5-6-8/h7,9H,3-6H2,1-2H3. The first-order valence-electron chi connectivity index (χ1n) is 3.91. The zero-order chi connectivity index (χ0) is 6.91. The van der Waals surface area contributed by atoms with E-state index in [1.807, 2.05) is 0 Å². The van der Waals surface area contributed by atoms with Gasteiger partial charge in [0.25, 0.3) is 0 Å². The molecule has 1 fully saturated rings. The summed E-state index contributed by atoms with van der Waals surface area (Å²) in [4.78, 5) is 0. The van der Waals surface area contributed by atoms with Crippen molar-refractivity contribution in [3.05, 3.63) is 0 Å². The summed E-state index contributed by atoms with van der Waals surface area (Å²) in [5, 5.41) is 9.53. The van der Waals surface area contributed by atoms with Gasteiger partial charge in [0.05, 0.1) is 5.60 Å². The van der Waals surface area contributed by atoms with E-state index in [9.17, 15) is 5.11 Å². The van der Waals surface area contributed by atoms with E-state index in [0.29, 0.717) is 5.92 Å². The molecule has 1 unspecified atom stereocenters. The van der Waals surface area contributed by atoms with Gasteiger partial charge in [0, 0.05) is 0 Å². The highest BCUT2D eigenvalue weighted by Gasteiger charge is 2.44. The Bertz CT molecular complexity index is 94.7. The van der Waals surface area contributed by atoms with Crippen LogP contribution >= 0.6 is 0 Å². The molecule has 1 aliphatic carbocycles. The maximum atomic E-state index is 9.53. The van der Waals surface area contributed by atoms with E-state index in [1.165, 1.54) is 12.8 Å². The largest absolute Gasteiger partial charge is 0.390 e. The van der Waals surface area contributed by atoms with Crippen LogP contribution in [0.3, 0.4) is 0 Å². The SMILES string of the molecule is CCCC(C)C1(O)CC1. The Labute approximate surface area is 57.1 Å². The van der Waals surface area contributed by atoms with E-state index in [1.54, 1.807) is 0 Å². The molecule has 9 heavy (non-hydrogen) atoms. The minimum absolute atomic E-state index is 0.240. The average molecular weight is 128 g/mol. The second kappa shape index (κ2) is 2.30. The van der Waals surface area contributed by atoms with E-state index in [-0.39, 0.29) is 5.60 Å². The summed E-state index contributed by atoms with van der Waals surface area (Å²) in [7, 11) is 0. The molecule has 0 radical (unpaired) electrons. The molecule has 0 saturated heterocycles. The molecule has 0 aromatic heterocycles. The first-order chi connectivity index (χ1) is 4.19. The van der Waals surface area contributed by atoms with Crippen LogP contribution in [-0.4, -0.2) is 10.7 Å². The van der Waals surface area contributed by atoms with Crippen molar-refractivity contribution in [2.75, 3.05) is 0 Å². The number of aliphatic hydroxyl groups is 1. The van der Waals surface area contributed by atoms with Crippen LogP contribution in [0.25, 0.3) is 0 Å². The monoisotopic (exact) mass is 128 g/mol. The van der Waals surface area contributed by atoms with Crippen molar-refractivity contribution in [1.82, 2.24) is 0 Å². The molecule has 0 aromatic rings. The van der Waals surface area contributed by atoms with E-state index < -0.39 is 0 Å². The molecule has 54 valence electrons. The number of rotatable bonds is 3. The lowest BCUT2D eigenvalue weighted by Crippen LogP contribution is -2.18. The molecular formula is C8H16O. The summed E-state index contributed by atoms with van der Waals surface area (Å²) in [5.41, 5.74) is -0.240. The van der Waals surface area contributed by atoms with Gasteiger partial charge < -0.3 is 5.11 Å². The van der Waals surface area contributed by atoms with Crippen LogP contribution in [-0.2, 0) is 0 Å². The predicted octanol–water partition coefficient (Wildman–Crippen LogP) is 1.95. The van der Waals surface area contributed by atoms with E-state index >= 15 is 0 Å². The first kappa shape index (κ1) is 7.07. The molecule has 0 aromatic carbocycles. The van der Waals surface area contributed by atoms with Crippen molar-refractivity contribution in [2.45, 2.75) is 45.1 Å². The minimum atomic E-state index is -0.240. The van der Waals surface area contributed by atoms with Crippen LogP contribution in [0.15, 0.2) is 0 Å². The summed E-state index contributed by atoms with van der Waals surface area (Å²) in [6, 6.07) is 0. The van der Waals surface area contributed by atoms with Crippen molar-refractivity contribution >= 4 is 0 Å². The highest BCUT2D eigenvalue weighted by Crippen LogP contribution is 2.43. The van der Waals surface area contributed by atoms with Crippen LogP contribution in [0.2, 0.25) is 0 Å². The normalized spacial score (nSPS) is 25.7. The Morgan fingerprint density at radius 1 is 1.56 bits per heavy atom. The quantitative estimate of drug-likeness (QED) is 0.616. The van der Waals surface area contributed by atoms with E-state index in [0.717, 1.165) is 12.8 Å². The maximum absolute atomic E-state index is 9.53. The second-order valence-electron chi connectivity index (χ2n) is 3.29. The van der Waals surface area contributed by atoms with Crippen LogP contribution in [0, 0.1) is 5.92 Å². The van der Waals surface area contributed by atoms with Gasteiger partial charge in [-0.05, 0) is 25.2 Å². The van der Waals surface area contributed by atoms with Crippen LogP contribution < -0.4 is 0 Å². The summed E-state index contributed by atoms with van der Waals surface area (Å²) >= 11 is 0. The fourth-order valence-electron chi connectivity index (χ4n) is 1.32. The van der Waals surface area contributed by atoms with Gasteiger partial charge in [-0.1, -0.05) is 20.3 Å². The molecule has 0 bridgehead atoms. The molecule has 1 nitrogen and oxygen atoms in total. The van der Waals surface area contributed by atoms with Gasteiger partial charge >= 0.3 is 0 Å². The van der Waals surface area contributed by atoms with Crippen molar-refractivity contribution < 1.29 is 5.11 Å². The van der Waals surface area contributed by atoms with Gasteiger partial charge in [0.15, 0.2) is 0 Å². The average Bonchev–Trinajstić information content (AvgIpc) is 2.50. The van der Waals surface area contributed by atoms with E-state index in [4.69, 9.17) is 0 Å². The van der Waals surface area contributed by atoms with Crippen molar-refractivity contribution in [3.63, 3.8) is 0 Å². The second-order valence-corrected chi connectivity index (χ2v) is 3.29. The van der Waals surface area contributed by atoms with E-state index in [2.05, 4.69) is 13.8 Å². The summed E-state index contributed by atoms with van der Waals surface area (Å²) in [6.45, 7) is 4.32. The third kappa shape index (κ3) is 1.45. The number of hydrogen-bond donors (Lipinski definition) is 1. The summed E-state index contributed by atoms with van der Waals surface area (Å²) < 4.78 is 0. The van der Waals surface area contributed by atoms with Gasteiger partial charge in [-0.25, -0.2) is 0 Å². The molecule has 1 saturated carbocycles. The summed E-state index contributed by atoms with van der Waals surface area (Å²) in [6.07, 6.45) is 4.45. The van der Waals surface area contributed by atoms with Gasteiger partial charge in [0.1, 0.15) is 0 Å². The predicted molar refractivity (Wildman–Crippen MR) is 38.3 cm³/mol. The third-order valence-corrected chi connectivity index (χ3v) is 2.40.